The highest BCUT2D eigenvalue weighted by Gasteiger charge is 2.20. The maximum atomic E-state index is 12.2. The van der Waals surface area contributed by atoms with Crippen molar-refractivity contribution >= 4 is 27.4 Å². The lowest BCUT2D eigenvalue weighted by Crippen LogP contribution is -2.04. The van der Waals surface area contributed by atoms with Crippen LogP contribution < -0.4 is 4.74 Å². The molecule has 0 saturated heterocycles. The van der Waals surface area contributed by atoms with E-state index in [1.807, 2.05) is 42.6 Å². The Morgan fingerprint density at radius 3 is 2.45 bits per heavy atom. The van der Waals surface area contributed by atoms with Crippen molar-refractivity contribution in [3.05, 3.63) is 52.9 Å². The Morgan fingerprint density at radius 1 is 1.09 bits per heavy atom. The monoisotopic (exact) mass is 312 g/mol. The molecule has 112 valence electrons. The minimum atomic E-state index is -0.357. The van der Waals surface area contributed by atoms with Crippen LogP contribution >= 0.6 is 11.3 Å². The van der Waals surface area contributed by atoms with E-state index in [-0.39, 0.29) is 5.97 Å². The third-order valence-corrected chi connectivity index (χ3v) is 4.60. The minimum absolute atomic E-state index is 0.357. The quantitative estimate of drug-likeness (QED) is 0.659. The van der Waals surface area contributed by atoms with E-state index in [2.05, 4.69) is 0 Å². The van der Waals surface area contributed by atoms with Crippen molar-refractivity contribution in [1.82, 2.24) is 0 Å². The summed E-state index contributed by atoms with van der Waals surface area (Å²) in [5.41, 5.74) is 3.61. The molecule has 0 aliphatic rings. The highest BCUT2D eigenvalue weighted by atomic mass is 32.1. The summed E-state index contributed by atoms with van der Waals surface area (Å²) in [6.07, 6.45) is 0. The Kier molecular flexibility index (Phi) is 3.86. The molecule has 0 unspecified atom stereocenters. The van der Waals surface area contributed by atoms with Crippen LogP contribution in [0.25, 0.3) is 21.2 Å². The number of thiophene rings is 1. The zero-order valence-electron chi connectivity index (χ0n) is 12.7. The Labute approximate surface area is 133 Å². The van der Waals surface area contributed by atoms with Crippen molar-refractivity contribution in [3.63, 3.8) is 0 Å². The third kappa shape index (κ3) is 2.35. The van der Waals surface area contributed by atoms with Crippen LogP contribution in [0, 0.1) is 6.92 Å². The van der Waals surface area contributed by atoms with Crippen LogP contribution in [0.5, 0.6) is 5.75 Å². The first-order valence-electron chi connectivity index (χ1n) is 6.89. The Morgan fingerprint density at radius 2 is 1.82 bits per heavy atom. The number of carbonyl (C=O) groups is 1. The fourth-order valence-corrected chi connectivity index (χ4v) is 3.53. The minimum Gasteiger partial charge on any atom is -0.496 e. The molecule has 0 fully saturated rings. The van der Waals surface area contributed by atoms with Gasteiger partial charge in [0.15, 0.2) is 0 Å². The van der Waals surface area contributed by atoms with Crippen LogP contribution in [0.2, 0.25) is 0 Å². The zero-order valence-corrected chi connectivity index (χ0v) is 13.5. The van der Waals surface area contributed by atoms with Crippen LogP contribution in [-0.2, 0) is 4.74 Å². The van der Waals surface area contributed by atoms with Gasteiger partial charge in [-0.05, 0) is 30.0 Å². The molecule has 0 radical (unpaired) electrons. The molecule has 1 heterocycles. The van der Waals surface area contributed by atoms with Crippen molar-refractivity contribution < 1.29 is 14.3 Å². The van der Waals surface area contributed by atoms with E-state index in [0.29, 0.717) is 11.3 Å². The van der Waals surface area contributed by atoms with E-state index < -0.39 is 0 Å². The maximum absolute atomic E-state index is 12.2. The molecule has 2 aromatic carbocycles. The summed E-state index contributed by atoms with van der Waals surface area (Å²) < 4.78 is 11.4. The van der Waals surface area contributed by atoms with Crippen molar-refractivity contribution in [2.45, 2.75) is 6.92 Å². The topological polar surface area (TPSA) is 35.5 Å². The molecule has 3 aromatic rings. The molecule has 0 bridgehead atoms. The van der Waals surface area contributed by atoms with E-state index in [1.165, 1.54) is 12.7 Å². The van der Waals surface area contributed by atoms with Crippen molar-refractivity contribution in [1.29, 1.82) is 0 Å². The summed E-state index contributed by atoms with van der Waals surface area (Å²) in [5, 5.41) is 3.02. The highest BCUT2D eigenvalue weighted by Crippen LogP contribution is 2.41. The molecular weight excluding hydrogens is 296 g/mol. The average molecular weight is 312 g/mol. The van der Waals surface area contributed by atoms with Gasteiger partial charge >= 0.3 is 5.97 Å². The van der Waals surface area contributed by atoms with Gasteiger partial charge in [-0.25, -0.2) is 4.79 Å². The molecule has 0 spiro atoms. The van der Waals surface area contributed by atoms with Gasteiger partial charge in [0.1, 0.15) is 5.75 Å². The number of carbonyl (C=O) groups excluding carboxylic acids is 1. The first kappa shape index (κ1) is 14.6. The van der Waals surface area contributed by atoms with E-state index in [1.54, 1.807) is 24.5 Å². The van der Waals surface area contributed by atoms with E-state index >= 15 is 0 Å². The summed E-state index contributed by atoms with van der Waals surface area (Å²) in [7, 11) is 3.01. The van der Waals surface area contributed by atoms with Gasteiger partial charge in [-0.15, -0.1) is 11.3 Å². The van der Waals surface area contributed by atoms with Crippen LogP contribution in [0.3, 0.4) is 0 Å². The number of methoxy groups -OCH3 is 2. The van der Waals surface area contributed by atoms with E-state index in [4.69, 9.17) is 9.47 Å². The molecule has 0 saturated carbocycles. The molecule has 22 heavy (non-hydrogen) atoms. The number of benzene rings is 2. The second-order valence-electron chi connectivity index (χ2n) is 5.02. The number of ether oxygens (including phenoxy) is 2. The summed E-state index contributed by atoms with van der Waals surface area (Å²) in [4.78, 5) is 12.2. The molecule has 0 atom stereocenters. The molecule has 4 heteroatoms. The van der Waals surface area contributed by atoms with E-state index in [0.717, 1.165) is 21.2 Å². The second kappa shape index (κ2) is 5.81. The van der Waals surface area contributed by atoms with Crippen LogP contribution in [0.4, 0.5) is 0 Å². The highest BCUT2D eigenvalue weighted by molar-refractivity contribution is 7.17. The molecule has 3 nitrogen and oxygen atoms in total. The molecule has 1 aromatic heterocycles. The number of rotatable bonds is 3. The lowest BCUT2D eigenvalue weighted by Gasteiger charge is -2.13. The molecule has 0 N–H and O–H groups in total. The largest absolute Gasteiger partial charge is 0.496 e. The van der Waals surface area contributed by atoms with E-state index in [9.17, 15) is 4.79 Å². The predicted octanol–water partition coefficient (Wildman–Crippen LogP) is 4.67. The number of aryl methyl sites for hydroxylation is 1. The number of fused-ring (bicyclic) bond motifs is 1. The average Bonchev–Trinajstić information content (AvgIpc) is 3.03. The van der Waals surface area contributed by atoms with Gasteiger partial charge in [-0.1, -0.05) is 29.8 Å². The molecular formula is C18H16O3S. The summed E-state index contributed by atoms with van der Waals surface area (Å²) in [6, 6.07) is 11.9. The first-order valence-corrected chi connectivity index (χ1v) is 7.77. The van der Waals surface area contributed by atoms with Gasteiger partial charge in [0.2, 0.25) is 0 Å². The number of hydrogen-bond acceptors (Lipinski definition) is 4. The van der Waals surface area contributed by atoms with Gasteiger partial charge in [0.05, 0.1) is 19.8 Å². The molecule has 0 amide bonds. The smallest absolute Gasteiger partial charge is 0.338 e. The first-order chi connectivity index (χ1) is 10.7. The van der Waals surface area contributed by atoms with Crippen LogP contribution in [0.15, 0.2) is 41.8 Å². The molecule has 0 aliphatic heterocycles. The van der Waals surface area contributed by atoms with Gasteiger partial charge in [-0.3, -0.25) is 0 Å². The van der Waals surface area contributed by atoms with Gasteiger partial charge in [-0.2, -0.15) is 0 Å². The summed E-state index contributed by atoms with van der Waals surface area (Å²) >= 11 is 1.60. The Balaban J connectivity index is 2.37. The summed E-state index contributed by atoms with van der Waals surface area (Å²) in [6.45, 7) is 2.04. The lowest BCUT2D eigenvalue weighted by molar-refractivity contribution is 0.0601. The maximum Gasteiger partial charge on any atom is 0.338 e. The second-order valence-corrected chi connectivity index (χ2v) is 5.94. The van der Waals surface area contributed by atoms with Gasteiger partial charge < -0.3 is 9.47 Å². The van der Waals surface area contributed by atoms with Gasteiger partial charge in [0.25, 0.3) is 0 Å². The fraction of sp³-hybridized carbons (Fsp3) is 0.167. The van der Waals surface area contributed by atoms with Crippen LogP contribution in [0.1, 0.15) is 15.9 Å². The van der Waals surface area contributed by atoms with Gasteiger partial charge in [0, 0.05) is 15.6 Å². The Hall–Kier alpha value is -2.33. The standard InChI is InChI=1S/C18H16O3S/c1-11-4-6-12(7-5-11)16-14(18(19)21-3)10-15(20-2)13-8-9-22-17(13)16/h4-10H,1-3H3. The molecule has 0 aliphatic carbocycles. The lowest BCUT2D eigenvalue weighted by atomic mass is 9.96. The summed E-state index contributed by atoms with van der Waals surface area (Å²) in [5.74, 6) is 0.330. The Bertz CT molecular complexity index is 831. The molecule has 3 rings (SSSR count). The van der Waals surface area contributed by atoms with Crippen molar-refractivity contribution in [3.8, 4) is 16.9 Å². The third-order valence-electron chi connectivity index (χ3n) is 3.67. The SMILES string of the molecule is COC(=O)c1cc(OC)c2ccsc2c1-c1ccc(C)cc1. The number of hydrogen-bond donors (Lipinski definition) is 0. The predicted molar refractivity (Wildman–Crippen MR) is 89.9 cm³/mol. The fourth-order valence-electron chi connectivity index (χ4n) is 2.55. The zero-order chi connectivity index (χ0) is 15.7. The normalized spacial score (nSPS) is 10.7. The van der Waals surface area contributed by atoms with Crippen molar-refractivity contribution in [2.24, 2.45) is 0 Å². The van der Waals surface area contributed by atoms with Crippen molar-refractivity contribution in [2.75, 3.05) is 14.2 Å². The van der Waals surface area contributed by atoms with Crippen LogP contribution in [-0.4, -0.2) is 20.2 Å². The number of esters is 1.